The number of hydrogen-bond donors (Lipinski definition) is 0. The molecule has 0 heterocycles. The largest absolute Gasteiger partial charge is 0.756 e. The van der Waals surface area contributed by atoms with Gasteiger partial charge in [0.15, 0.2) is 0 Å². The first-order valence-electron chi connectivity index (χ1n) is 27.7. The van der Waals surface area contributed by atoms with Crippen molar-refractivity contribution in [2.45, 2.75) is 264 Å². The van der Waals surface area contributed by atoms with E-state index >= 15 is 0 Å². The molecule has 0 aromatic rings. The molecular formula is C56H108NO7P. The van der Waals surface area contributed by atoms with Gasteiger partial charge in [0.05, 0.1) is 34.4 Å². The molecule has 65 heavy (non-hydrogen) atoms. The number of phosphoric ester groups is 1. The SMILES string of the molecule is CCCCC/C=C\C/C=C\C/C=C\CCCCCCCCCOCC(COP(=O)([O-])OCC[N+](C)(C)C)OC(=O)CCCCCCCCCCCCCCCCCCCCCCCCC. The minimum atomic E-state index is -4.53. The third kappa shape index (κ3) is 53.5. The summed E-state index contributed by atoms with van der Waals surface area (Å²) < 4.78 is 34.8. The molecule has 0 radical (unpaired) electrons. The van der Waals surface area contributed by atoms with E-state index in [-0.39, 0.29) is 25.8 Å². The topological polar surface area (TPSA) is 94.1 Å². The normalized spacial score (nSPS) is 13.8. The molecule has 8 nitrogen and oxygen atoms in total. The van der Waals surface area contributed by atoms with Crippen LogP contribution in [-0.2, 0) is 27.9 Å². The lowest BCUT2D eigenvalue weighted by Crippen LogP contribution is -2.37. The van der Waals surface area contributed by atoms with E-state index in [4.69, 9.17) is 18.5 Å². The molecule has 9 heteroatoms. The average molecular weight is 938 g/mol. The lowest BCUT2D eigenvalue weighted by Gasteiger charge is -2.28. The van der Waals surface area contributed by atoms with Crippen LogP contribution in [0.1, 0.15) is 258 Å². The number of esters is 1. The molecule has 0 bridgehead atoms. The zero-order valence-electron chi connectivity index (χ0n) is 43.7. The molecule has 0 N–H and O–H groups in total. The summed E-state index contributed by atoms with van der Waals surface area (Å²) in [5.74, 6) is -0.332. The second kappa shape index (κ2) is 49.2. The van der Waals surface area contributed by atoms with E-state index in [1.54, 1.807) is 0 Å². The molecule has 0 aliphatic rings. The predicted octanol–water partition coefficient (Wildman–Crippen LogP) is 16.7. The monoisotopic (exact) mass is 938 g/mol. The van der Waals surface area contributed by atoms with Gasteiger partial charge >= 0.3 is 5.97 Å². The van der Waals surface area contributed by atoms with Gasteiger partial charge in [-0.3, -0.25) is 9.36 Å². The number of rotatable bonds is 52. The fourth-order valence-electron chi connectivity index (χ4n) is 7.91. The summed E-state index contributed by atoms with van der Waals surface area (Å²) >= 11 is 0. The van der Waals surface area contributed by atoms with Crippen molar-refractivity contribution in [3.63, 3.8) is 0 Å². The molecule has 0 aromatic heterocycles. The van der Waals surface area contributed by atoms with Crippen LogP contribution in [-0.4, -0.2) is 70.7 Å². The fraction of sp³-hybridized carbons (Fsp3) is 0.875. The van der Waals surface area contributed by atoms with Gasteiger partial charge in [0.25, 0.3) is 7.82 Å². The maximum atomic E-state index is 12.8. The summed E-state index contributed by atoms with van der Waals surface area (Å²) in [6.45, 7) is 5.41. The summed E-state index contributed by atoms with van der Waals surface area (Å²) in [5, 5.41) is 0. The Hall–Kier alpha value is -1.28. The zero-order chi connectivity index (χ0) is 47.6. The molecular weight excluding hydrogens is 830 g/mol. The molecule has 0 spiro atoms. The summed E-state index contributed by atoms with van der Waals surface area (Å²) in [5.41, 5.74) is 0. The van der Waals surface area contributed by atoms with Gasteiger partial charge in [-0.1, -0.05) is 237 Å². The van der Waals surface area contributed by atoms with Crippen molar-refractivity contribution in [3.8, 4) is 0 Å². The molecule has 2 unspecified atom stereocenters. The Kier molecular flexibility index (Phi) is 48.2. The molecule has 0 aromatic carbocycles. The molecule has 2 atom stereocenters. The number of nitrogens with zero attached hydrogens (tertiary/aromatic N) is 1. The van der Waals surface area contributed by atoms with E-state index in [1.807, 2.05) is 21.1 Å². The highest BCUT2D eigenvalue weighted by Crippen LogP contribution is 2.38. The van der Waals surface area contributed by atoms with Crippen LogP contribution in [0.25, 0.3) is 0 Å². The first-order valence-corrected chi connectivity index (χ1v) is 29.2. The first kappa shape index (κ1) is 63.7. The highest BCUT2D eigenvalue weighted by atomic mass is 31.2. The third-order valence-corrected chi connectivity index (χ3v) is 13.2. The van der Waals surface area contributed by atoms with Gasteiger partial charge < -0.3 is 27.9 Å². The van der Waals surface area contributed by atoms with Gasteiger partial charge in [0, 0.05) is 13.0 Å². The summed E-state index contributed by atoms with van der Waals surface area (Å²) in [6, 6.07) is 0. The first-order chi connectivity index (χ1) is 31.6. The van der Waals surface area contributed by atoms with Gasteiger partial charge in [-0.2, -0.15) is 0 Å². The van der Waals surface area contributed by atoms with Crippen molar-refractivity contribution in [2.75, 3.05) is 54.1 Å². The van der Waals surface area contributed by atoms with Gasteiger partial charge in [0.2, 0.25) is 0 Å². The maximum Gasteiger partial charge on any atom is 0.306 e. The Labute approximate surface area is 404 Å². The van der Waals surface area contributed by atoms with E-state index in [0.29, 0.717) is 24.1 Å². The van der Waals surface area contributed by atoms with Crippen LogP contribution in [0.15, 0.2) is 36.5 Å². The number of hydrogen-bond acceptors (Lipinski definition) is 7. The number of carbonyl (C=O) groups excluding carboxylic acids is 1. The number of ether oxygens (including phenoxy) is 2. The van der Waals surface area contributed by atoms with Crippen molar-refractivity contribution in [1.29, 1.82) is 0 Å². The van der Waals surface area contributed by atoms with E-state index < -0.39 is 13.9 Å². The van der Waals surface area contributed by atoms with Crippen molar-refractivity contribution in [3.05, 3.63) is 36.5 Å². The van der Waals surface area contributed by atoms with Crippen molar-refractivity contribution in [2.24, 2.45) is 0 Å². The summed E-state index contributed by atoms with van der Waals surface area (Å²) in [7, 11) is 1.36. The number of unbranched alkanes of at least 4 members (excludes halogenated alkanes) is 32. The Morgan fingerprint density at radius 1 is 0.477 bits per heavy atom. The number of allylic oxidation sites excluding steroid dienone is 6. The van der Waals surface area contributed by atoms with Crippen LogP contribution in [0.3, 0.4) is 0 Å². The van der Waals surface area contributed by atoms with Crippen molar-refractivity contribution in [1.82, 2.24) is 0 Å². The van der Waals surface area contributed by atoms with Crippen LogP contribution in [0, 0.1) is 0 Å². The lowest BCUT2D eigenvalue weighted by atomic mass is 10.0. The Bertz CT molecular complexity index is 1140. The van der Waals surface area contributed by atoms with Crippen molar-refractivity contribution >= 4 is 13.8 Å². The van der Waals surface area contributed by atoms with Crippen molar-refractivity contribution < 1.29 is 37.3 Å². The molecule has 0 saturated heterocycles. The van der Waals surface area contributed by atoms with E-state index in [2.05, 4.69) is 50.3 Å². The second-order valence-electron chi connectivity index (χ2n) is 20.0. The minimum absolute atomic E-state index is 0.0252. The smallest absolute Gasteiger partial charge is 0.306 e. The molecule has 0 amide bonds. The van der Waals surface area contributed by atoms with Crippen LogP contribution >= 0.6 is 7.82 Å². The van der Waals surface area contributed by atoms with E-state index in [0.717, 1.165) is 51.4 Å². The van der Waals surface area contributed by atoms with Gasteiger partial charge in [-0.25, -0.2) is 0 Å². The minimum Gasteiger partial charge on any atom is -0.756 e. The average Bonchev–Trinajstić information content (AvgIpc) is 3.27. The molecule has 0 saturated carbocycles. The van der Waals surface area contributed by atoms with Crippen LogP contribution in [0.2, 0.25) is 0 Å². The Balaban J connectivity index is 4.09. The highest BCUT2D eigenvalue weighted by molar-refractivity contribution is 7.45. The van der Waals surface area contributed by atoms with Crippen LogP contribution in [0.5, 0.6) is 0 Å². The third-order valence-electron chi connectivity index (χ3n) is 12.2. The molecule has 384 valence electrons. The standard InChI is InChI=1S/C56H108NO7P/c1-6-8-10-12-14-16-18-20-22-24-26-28-29-30-31-33-35-37-39-41-43-45-47-49-56(58)64-55(54-63-65(59,60)62-52-50-57(3,4)5)53-61-51-48-46-44-42-40-38-36-34-32-27-25-23-21-19-17-15-13-11-9-7-2/h15,17,21,23,27,32,55H,6-14,16,18-20,22,24-26,28-31,33-54H2,1-5H3/b17-15-,23-21-,32-27-. The number of likely N-dealkylation sites (N-methyl/N-ethyl adjacent to an activating group) is 1. The number of phosphoric acid groups is 1. The number of carbonyl (C=O) groups is 1. The maximum absolute atomic E-state index is 12.8. The predicted molar refractivity (Wildman–Crippen MR) is 277 cm³/mol. The zero-order valence-corrected chi connectivity index (χ0v) is 44.6. The molecule has 0 aliphatic carbocycles. The van der Waals surface area contributed by atoms with Gasteiger partial charge in [0.1, 0.15) is 19.3 Å². The highest BCUT2D eigenvalue weighted by Gasteiger charge is 2.20. The second-order valence-corrected chi connectivity index (χ2v) is 21.4. The lowest BCUT2D eigenvalue weighted by molar-refractivity contribution is -0.870. The van der Waals surface area contributed by atoms with Gasteiger partial charge in [-0.05, 0) is 51.4 Å². The molecule has 0 fully saturated rings. The summed E-state index contributed by atoms with van der Waals surface area (Å²) in [6.07, 6.45) is 60.3. The molecule has 0 rings (SSSR count). The van der Waals surface area contributed by atoms with E-state index in [1.165, 1.54) is 186 Å². The summed E-state index contributed by atoms with van der Waals surface area (Å²) in [4.78, 5) is 25.2. The number of quaternary nitrogens is 1. The fourth-order valence-corrected chi connectivity index (χ4v) is 8.64. The van der Waals surface area contributed by atoms with E-state index in [9.17, 15) is 14.3 Å². The van der Waals surface area contributed by atoms with Gasteiger partial charge in [-0.15, -0.1) is 0 Å². The van der Waals surface area contributed by atoms with Crippen LogP contribution in [0.4, 0.5) is 0 Å². The Morgan fingerprint density at radius 3 is 1.29 bits per heavy atom. The molecule has 0 aliphatic heterocycles. The Morgan fingerprint density at radius 2 is 0.846 bits per heavy atom. The van der Waals surface area contributed by atoms with Crippen LogP contribution < -0.4 is 4.89 Å². The quantitative estimate of drug-likeness (QED) is 0.0197.